The van der Waals surface area contributed by atoms with Crippen LogP contribution in [0.25, 0.3) is 0 Å². The number of rotatable bonds is 5. The van der Waals surface area contributed by atoms with Crippen LogP contribution in [-0.2, 0) is 0 Å². The van der Waals surface area contributed by atoms with Crippen LogP contribution < -0.4 is 10.2 Å². The summed E-state index contributed by atoms with van der Waals surface area (Å²) in [5.41, 5.74) is 2.70. The predicted octanol–water partition coefficient (Wildman–Crippen LogP) is 2.98. The maximum absolute atomic E-state index is 9.59. The molecule has 1 heterocycles. The maximum atomic E-state index is 9.59. The van der Waals surface area contributed by atoms with Gasteiger partial charge < -0.3 is 15.3 Å². The van der Waals surface area contributed by atoms with Crippen molar-refractivity contribution in [2.75, 3.05) is 29.9 Å². The van der Waals surface area contributed by atoms with Gasteiger partial charge in [0.15, 0.2) is 0 Å². The van der Waals surface area contributed by atoms with E-state index in [9.17, 15) is 10.4 Å². The van der Waals surface area contributed by atoms with E-state index in [2.05, 4.69) is 30.1 Å². The Bertz CT molecular complexity index is 501. The van der Waals surface area contributed by atoms with E-state index < -0.39 is 0 Å². The molecule has 1 unspecified atom stereocenters. The molecule has 1 aliphatic heterocycles. The standard InChI is InChI=1S/C17H25N3O/c1-3-13(2)12-19-15-4-5-17(14(10-15)11-18)20-8-6-16(21)7-9-20/h4-5,10,13,16,19,21H,3,6-9,12H2,1-2H3. The Morgan fingerprint density at radius 2 is 2.14 bits per heavy atom. The second kappa shape index (κ2) is 7.33. The molecule has 4 nitrogen and oxygen atoms in total. The first-order valence-electron chi connectivity index (χ1n) is 7.85. The molecule has 0 amide bonds. The Labute approximate surface area is 127 Å². The fraction of sp³-hybridized carbons (Fsp3) is 0.588. The minimum Gasteiger partial charge on any atom is -0.393 e. The van der Waals surface area contributed by atoms with Crippen molar-refractivity contribution < 1.29 is 5.11 Å². The van der Waals surface area contributed by atoms with Gasteiger partial charge in [-0.05, 0) is 37.0 Å². The molecule has 0 saturated carbocycles. The van der Waals surface area contributed by atoms with Crippen molar-refractivity contribution in [1.82, 2.24) is 0 Å². The Hall–Kier alpha value is -1.73. The second-order valence-electron chi connectivity index (χ2n) is 5.96. The molecule has 2 N–H and O–H groups in total. The van der Waals surface area contributed by atoms with Crippen molar-refractivity contribution in [2.24, 2.45) is 5.92 Å². The molecule has 21 heavy (non-hydrogen) atoms. The lowest BCUT2D eigenvalue weighted by atomic mass is 10.0. The number of aliphatic hydroxyl groups is 1. The first-order chi connectivity index (χ1) is 10.1. The van der Waals surface area contributed by atoms with Crippen molar-refractivity contribution in [3.8, 4) is 6.07 Å². The summed E-state index contributed by atoms with van der Waals surface area (Å²) in [5.74, 6) is 0.624. The van der Waals surface area contributed by atoms with Crippen LogP contribution in [-0.4, -0.2) is 30.8 Å². The Morgan fingerprint density at radius 3 is 2.76 bits per heavy atom. The van der Waals surface area contributed by atoms with Crippen LogP contribution in [0.5, 0.6) is 0 Å². The highest BCUT2D eigenvalue weighted by Crippen LogP contribution is 2.26. The van der Waals surface area contributed by atoms with E-state index in [1.807, 2.05) is 18.2 Å². The predicted molar refractivity (Wildman–Crippen MR) is 86.6 cm³/mol. The first kappa shape index (κ1) is 15.7. The normalized spacial score (nSPS) is 17.3. The van der Waals surface area contributed by atoms with Crippen molar-refractivity contribution in [1.29, 1.82) is 5.26 Å². The zero-order chi connectivity index (χ0) is 15.2. The third-order valence-electron chi connectivity index (χ3n) is 4.27. The summed E-state index contributed by atoms with van der Waals surface area (Å²) in [7, 11) is 0. The van der Waals surface area contributed by atoms with Gasteiger partial charge in [-0.25, -0.2) is 0 Å². The summed E-state index contributed by atoms with van der Waals surface area (Å²) in [4.78, 5) is 2.20. The lowest BCUT2D eigenvalue weighted by Crippen LogP contribution is -2.36. The van der Waals surface area contributed by atoms with Gasteiger partial charge in [-0.2, -0.15) is 5.26 Å². The highest BCUT2D eigenvalue weighted by molar-refractivity contribution is 5.65. The summed E-state index contributed by atoms with van der Waals surface area (Å²) in [5, 5.41) is 22.4. The van der Waals surface area contributed by atoms with Gasteiger partial charge in [-0.3, -0.25) is 0 Å². The molecule has 114 valence electrons. The minimum atomic E-state index is -0.191. The molecule has 4 heteroatoms. The average molecular weight is 287 g/mol. The minimum absolute atomic E-state index is 0.191. The van der Waals surface area contributed by atoms with Crippen LogP contribution in [0.1, 0.15) is 38.7 Å². The van der Waals surface area contributed by atoms with Crippen molar-refractivity contribution >= 4 is 11.4 Å². The summed E-state index contributed by atoms with van der Waals surface area (Å²) in [6, 6.07) is 8.30. The molecule has 0 radical (unpaired) electrons. The third-order valence-corrected chi connectivity index (χ3v) is 4.27. The summed E-state index contributed by atoms with van der Waals surface area (Å²) >= 11 is 0. The van der Waals surface area contributed by atoms with Crippen LogP contribution >= 0.6 is 0 Å². The smallest absolute Gasteiger partial charge is 0.101 e. The first-order valence-corrected chi connectivity index (χ1v) is 7.85. The van der Waals surface area contributed by atoms with Crippen LogP contribution in [0.15, 0.2) is 18.2 Å². The monoisotopic (exact) mass is 287 g/mol. The fourth-order valence-electron chi connectivity index (χ4n) is 2.55. The van der Waals surface area contributed by atoms with E-state index in [1.165, 1.54) is 0 Å². The number of nitrogens with zero attached hydrogens (tertiary/aromatic N) is 2. The molecule has 1 aromatic rings. The summed E-state index contributed by atoms with van der Waals surface area (Å²) < 4.78 is 0. The quantitative estimate of drug-likeness (QED) is 0.874. The van der Waals surface area contributed by atoms with Crippen molar-refractivity contribution in [3.05, 3.63) is 23.8 Å². The molecule has 1 aliphatic rings. The lowest BCUT2D eigenvalue weighted by molar-refractivity contribution is 0.145. The van der Waals surface area contributed by atoms with Crippen molar-refractivity contribution in [3.63, 3.8) is 0 Å². The number of hydrogen-bond donors (Lipinski definition) is 2. The van der Waals surface area contributed by atoms with E-state index in [0.29, 0.717) is 11.5 Å². The number of anilines is 2. The number of aliphatic hydroxyl groups excluding tert-OH is 1. The molecule has 1 saturated heterocycles. The van der Waals surface area contributed by atoms with E-state index in [4.69, 9.17) is 0 Å². The van der Waals surface area contributed by atoms with Gasteiger partial charge in [0, 0.05) is 25.3 Å². The average Bonchev–Trinajstić information content (AvgIpc) is 2.53. The molecular weight excluding hydrogens is 262 g/mol. The van der Waals surface area contributed by atoms with Gasteiger partial charge in [0.25, 0.3) is 0 Å². The van der Waals surface area contributed by atoms with E-state index in [0.717, 1.165) is 50.3 Å². The zero-order valence-electron chi connectivity index (χ0n) is 13.0. The summed E-state index contributed by atoms with van der Waals surface area (Å²) in [6.45, 7) is 6.95. The number of piperidine rings is 1. The number of nitriles is 1. The highest BCUT2D eigenvalue weighted by atomic mass is 16.3. The Kier molecular flexibility index (Phi) is 5.46. The molecule has 2 rings (SSSR count). The Morgan fingerprint density at radius 1 is 1.43 bits per heavy atom. The fourth-order valence-corrected chi connectivity index (χ4v) is 2.55. The van der Waals surface area contributed by atoms with E-state index >= 15 is 0 Å². The molecule has 0 spiro atoms. The van der Waals surface area contributed by atoms with Gasteiger partial charge in [0.2, 0.25) is 0 Å². The summed E-state index contributed by atoms with van der Waals surface area (Å²) in [6.07, 6.45) is 2.51. The molecular formula is C17H25N3O. The zero-order valence-corrected chi connectivity index (χ0v) is 13.0. The van der Waals surface area contributed by atoms with Crippen LogP contribution in [0.4, 0.5) is 11.4 Å². The number of nitrogens with one attached hydrogen (secondary N) is 1. The van der Waals surface area contributed by atoms with Crippen LogP contribution in [0.3, 0.4) is 0 Å². The van der Waals surface area contributed by atoms with Crippen LogP contribution in [0, 0.1) is 17.2 Å². The number of benzene rings is 1. The molecule has 0 bridgehead atoms. The molecule has 1 aromatic carbocycles. The lowest BCUT2D eigenvalue weighted by Gasteiger charge is -2.32. The molecule has 1 fully saturated rings. The van der Waals surface area contributed by atoms with Crippen LogP contribution in [0.2, 0.25) is 0 Å². The Balaban J connectivity index is 2.08. The largest absolute Gasteiger partial charge is 0.393 e. The van der Waals surface area contributed by atoms with E-state index in [1.54, 1.807) is 0 Å². The van der Waals surface area contributed by atoms with Gasteiger partial charge in [0.1, 0.15) is 6.07 Å². The third kappa shape index (κ3) is 4.12. The van der Waals surface area contributed by atoms with Crippen molar-refractivity contribution in [2.45, 2.75) is 39.2 Å². The van der Waals surface area contributed by atoms with E-state index in [-0.39, 0.29) is 6.10 Å². The molecule has 1 atom stereocenters. The van der Waals surface area contributed by atoms with Gasteiger partial charge in [0.05, 0.1) is 17.4 Å². The second-order valence-corrected chi connectivity index (χ2v) is 5.96. The van der Waals surface area contributed by atoms with Gasteiger partial charge in [-0.15, -0.1) is 0 Å². The molecule has 0 aromatic heterocycles. The molecule has 0 aliphatic carbocycles. The number of hydrogen-bond acceptors (Lipinski definition) is 4. The van der Waals surface area contributed by atoms with Gasteiger partial charge in [-0.1, -0.05) is 20.3 Å². The topological polar surface area (TPSA) is 59.3 Å². The highest BCUT2D eigenvalue weighted by Gasteiger charge is 2.19. The maximum Gasteiger partial charge on any atom is 0.101 e. The SMILES string of the molecule is CCC(C)CNc1ccc(N2CCC(O)CC2)c(C#N)c1. The van der Waals surface area contributed by atoms with Gasteiger partial charge >= 0.3 is 0 Å².